The lowest BCUT2D eigenvalue weighted by Gasteiger charge is -2.09. The van der Waals surface area contributed by atoms with Crippen molar-refractivity contribution < 1.29 is 0 Å². The number of hydrogen-bond acceptors (Lipinski definition) is 2. The van der Waals surface area contributed by atoms with E-state index >= 15 is 0 Å². The average molecular weight is 266 g/mol. The summed E-state index contributed by atoms with van der Waals surface area (Å²) in [5, 5.41) is 0. The molecule has 0 aliphatic heterocycles. The Morgan fingerprint density at radius 3 is 1.75 bits per heavy atom. The van der Waals surface area contributed by atoms with Gasteiger partial charge < -0.3 is 9.13 Å². The molecule has 0 radical (unpaired) electrons. The lowest BCUT2D eigenvalue weighted by Crippen LogP contribution is -2.04. The molecule has 2 aromatic heterocycles. The van der Waals surface area contributed by atoms with Gasteiger partial charge in [-0.05, 0) is 25.0 Å². The molecule has 0 aliphatic carbocycles. The van der Waals surface area contributed by atoms with Crippen LogP contribution in [0.5, 0.6) is 0 Å². The van der Waals surface area contributed by atoms with Gasteiger partial charge in [0.2, 0.25) is 0 Å². The van der Waals surface area contributed by atoms with E-state index in [4.69, 9.17) is 0 Å². The van der Waals surface area contributed by atoms with Crippen LogP contribution in [0.2, 0.25) is 0 Å². The molecule has 2 heterocycles. The molecule has 0 saturated heterocycles. The van der Waals surface area contributed by atoms with Gasteiger partial charge in [-0.1, -0.05) is 24.3 Å². The Kier molecular flexibility index (Phi) is 3.37. The molecule has 0 bridgehead atoms. The molecule has 1 aromatic carbocycles. The summed E-state index contributed by atoms with van der Waals surface area (Å²) >= 11 is 0. The Hall–Kier alpha value is -2.36. The van der Waals surface area contributed by atoms with E-state index in [9.17, 15) is 0 Å². The zero-order chi connectivity index (χ0) is 13.9. The van der Waals surface area contributed by atoms with Crippen LogP contribution in [0.1, 0.15) is 22.8 Å². The summed E-state index contributed by atoms with van der Waals surface area (Å²) in [4.78, 5) is 8.52. The highest BCUT2D eigenvalue weighted by atomic mass is 15.1. The van der Waals surface area contributed by atoms with Crippen LogP contribution in [0.4, 0.5) is 0 Å². The maximum absolute atomic E-state index is 4.26. The van der Waals surface area contributed by atoms with Crippen LogP contribution in [0.3, 0.4) is 0 Å². The molecule has 20 heavy (non-hydrogen) atoms. The van der Waals surface area contributed by atoms with Gasteiger partial charge in [-0.25, -0.2) is 9.97 Å². The van der Waals surface area contributed by atoms with E-state index in [1.165, 1.54) is 11.1 Å². The van der Waals surface area contributed by atoms with E-state index in [-0.39, 0.29) is 0 Å². The highest BCUT2D eigenvalue weighted by Crippen LogP contribution is 2.11. The van der Waals surface area contributed by atoms with E-state index in [2.05, 4.69) is 43.4 Å². The van der Waals surface area contributed by atoms with Crippen molar-refractivity contribution in [2.45, 2.75) is 26.9 Å². The largest absolute Gasteiger partial charge is 0.331 e. The second-order valence-electron chi connectivity index (χ2n) is 5.02. The minimum atomic E-state index is 0.864. The molecule has 0 N–H and O–H groups in total. The first kappa shape index (κ1) is 12.7. The Labute approximate surface area is 118 Å². The van der Waals surface area contributed by atoms with Crippen LogP contribution in [-0.2, 0) is 13.1 Å². The minimum Gasteiger partial charge on any atom is -0.331 e. The van der Waals surface area contributed by atoms with Crippen molar-refractivity contribution >= 4 is 0 Å². The number of rotatable bonds is 4. The van der Waals surface area contributed by atoms with Crippen molar-refractivity contribution in [3.63, 3.8) is 0 Å². The first-order valence-electron chi connectivity index (χ1n) is 6.75. The zero-order valence-corrected chi connectivity index (χ0v) is 11.8. The van der Waals surface area contributed by atoms with Crippen molar-refractivity contribution in [2.24, 2.45) is 0 Å². The first-order chi connectivity index (χ1) is 9.72. The van der Waals surface area contributed by atoms with Gasteiger partial charge in [0.05, 0.1) is 0 Å². The van der Waals surface area contributed by atoms with Crippen molar-refractivity contribution in [3.8, 4) is 0 Å². The SMILES string of the molecule is Cc1nccn1Cc1cccc(Cn2ccnc2C)c1. The van der Waals surface area contributed by atoms with Gasteiger partial charge in [0.25, 0.3) is 0 Å². The van der Waals surface area contributed by atoms with Crippen molar-refractivity contribution in [1.29, 1.82) is 0 Å². The van der Waals surface area contributed by atoms with Gasteiger partial charge in [0.15, 0.2) is 0 Å². The van der Waals surface area contributed by atoms with Gasteiger partial charge in [-0.2, -0.15) is 0 Å². The highest BCUT2D eigenvalue weighted by molar-refractivity contribution is 5.24. The molecule has 3 aromatic rings. The van der Waals surface area contributed by atoms with Crippen LogP contribution >= 0.6 is 0 Å². The van der Waals surface area contributed by atoms with E-state index in [1.807, 2.05) is 38.6 Å². The molecule has 102 valence electrons. The summed E-state index contributed by atoms with van der Waals surface area (Å²) < 4.78 is 4.31. The standard InChI is InChI=1S/C16H18N4/c1-13-17-6-8-19(13)11-15-4-3-5-16(10-15)12-20-9-7-18-14(20)2/h3-10H,11-12H2,1-2H3. The summed E-state index contributed by atoms with van der Waals surface area (Å²) in [5.74, 6) is 2.08. The van der Waals surface area contributed by atoms with Crippen LogP contribution in [0.25, 0.3) is 0 Å². The maximum Gasteiger partial charge on any atom is 0.105 e. The molecule has 0 unspecified atom stereocenters. The third kappa shape index (κ3) is 2.64. The molecule has 0 spiro atoms. The number of hydrogen-bond donors (Lipinski definition) is 0. The lowest BCUT2D eigenvalue weighted by atomic mass is 10.1. The molecule has 0 atom stereocenters. The molecule has 0 saturated carbocycles. The fourth-order valence-corrected chi connectivity index (χ4v) is 2.36. The van der Waals surface area contributed by atoms with Crippen LogP contribution < -0.4 is 0 Å². The third-order valence-corrected chi connectivity index (χ3v) is 3.54. The maximum atomic E-state index is 4.26. The van der Waals surface area contributed by atoms with E-state index in [0.717, 1.165) is 24.7 Å². The zero-order valence-electron chi connectivity index (χ0n) is 11.8. The topological polar surface area (TPSA) is 35.6 Å². The summed E-state index contributed by atoms with van der Waals surface area (Å²) in [6, 6.07) is 8.68. The summed E-state index contributed by atoms with van der Waals surface area (Å²) in [6.07, 6.45) is 7.71. The summed E-state index contributed by atoms with van der Waals surface area (Å²) in [5.41, 5.74) is 2.59. The Bertz CT molecular complexity index is 651. The van der Waals surface area contributed by atoms with Crippen molar-refractivity contribution in [3.05, 3.63) is 71.8 Å². The Balaban J connectivity index is 1.79. The third-order valence-electron chi connectivity index (χ3n) is 3.54. The van der Waals surface area contributed by atoms with Crippen molar-refractivity contribution in [2.75, 3.05) is 0 Å². The van der Waals surface area contributed by atoms with E-state index < -0.39 is 0 Å². The minimum absolute atomic E-state index is 0.864. The Morgan fingerprint density at radius 2 is 1.35 bits per heavy atom. The summed E-state index contributed by atoms with van der Waals surface area (Å²) in [6.45, 7) is 5.78. The number of benzene rings is 1. The number of imidazole rings is 2. The first-order valence-corrected chi connectivity index (χ1v) is 6.75. The molecule has 0 amide bonds. The molecule has 4 heteroatoms. The Morgan fingerprint density at radius 1 is 0.850 bits per heavy atom. The fourth-order valence-electron chi connectivity index (χ4n) is 2.36. The van der Waals surface area contributed by atoms with Crippen LogP contribution in [0, 0.1) is 13.8 Å². The molecule has 3 rings (SSSR count). The average Bonchev–Trinajstić information content (AvgIpc) is 3.01. The number of nitrogens with zero attached hydrogens (tertiary/aromatic N) is 4. The lowest BCUT2D eigenvalue weighted by molar-refractivity contribution is 0.745. The highest BCUT2D eigenvalue weighted by Gasteiger charge is 2.02. The van der Waals surface area contributed by atoms with Gasteiger partial charge in [-0.15, -0.1) is 0 Å². The molecular formula is C16H18N4. The predicted molar refractivity (Wildman–Crippen MR) is 78.6 cm³/mol. The smallest absolute Gasteiger partial charge is 0.105 e. The van der Waals surface area contributed by atoms with Crippen LogP contribution in [-0.4, -0.2) is 19.1 Å². The molecule has 0 fully saturated rings. The second kappa shape index (κ2) is 5.33. The number of aromatic nitrogens is 4. The normalized spacial score (nSPS) is 10.9. The monoisotopic (exact) mass is 266 g/mol. The molecule has 0 aliphatic rings. The number of aryl methyl sites for hydroxylation is 2. The van der Waals surface area contributed by atoms with Gasteiger partial charge in [0, 0.05) is 37.9 Å². The molecular weight excluding hydrogens is 248 g/mol. The summed E-state index contributed by atoms with van der Waals surface area (Å²) in [7, 11) is 0. The molecule has 4 nitrogen and oxygen atoms in total. The van der Waals surface area contributed by atoms with E-state index in [1.54, 1.807) is 0 Å². The van der Waals surface area contributed by atoms with Gasteiger partial charge >= 0.3 is 0 Å². The van der Waals surface area contributed by atoms with E-state index in [0.29, 0.717) is 0 Å². The quantitative estimate of drug-likeness (QED) is 0.728. The van der Waals surface area contributed by atoms with Gasteiger partial charge in [-0.3, -0.25) is 0 Å². The fraction of sp³-hybridized carbons (Fsp3) is 0.250. The van der Waals surface area contributed by atoms with Crippen molar-refractivity contribution in [1.82, 2.24) is 19.1 Å². The second-order valence-corrected chi connectivity index (χ2v) is 5.02. The van der Waals surface area contributed by atoms with Gasteiger partial charge in [0.1, 0.15) is 11.6 Å². The van der Waals surface area contributed by atoms with Crippen LogP contribution in [0.15, 0.2) is 49.1 Å². The predicted octanol–water partition coefficient (Wildman–Crippen LogP) is 2.79.